The number of alkyl halides is 3. The molecule has 0 spiro atoms. The largest absolute Gasteiger partial charge is 0.778 e. The first kappa shape index (κ1) is 57.7. The second-order valence-corrected chi connectivity index (χ2v) is 19.0. The number of benzene rings is 3. The van der Waals surface area contributed by atoms with E-state index in [4.69, 9.17) is 31.4 Å². The Morgan fingerprint density at radius 3 is 2.06 bits per heavy atom. The van der Waals surface area contributed by atoms with Crippen LogP contribution in [0.25, 0.3) is 0 Å². The van der Waals surface area contributed by atoms with Gasteiger partial charge in [-0.25, -0.2) is 36.9 Å². The number of carbonyl (C=O) groups is 4. The maximum absolute atomic E-state index is 13.0. The third kappa shape index (κ3) is 23.1. The summed E-state index contributed by atoms with van der Waals surface area (Å²) in [6, 6.07) is 9.57. The van der Waals surface area contributed by atoms with E-state index in [1.807, 2.05) is 5.32 Å². The Kier molecular flexibility index (Phi) is 22.7. The predicted octanol–water partition coefficient (Wildman–Crippen LogP) is 5.01. The number of hydrazone groups is 1. The number of carboxylic acids is 2. The molecule has 66 heavy (non-hydrogen) atoms. The number of carboxylic acid groups (broad SMARTS) is 2. The zero-order valence-corrected chi connectivity index (χ0v) is 37.8. The smallest absolute Gasteiger partial charge is 0.416 e. The number of nitrogens with zero attached hydrogens (tertiary/aromatic N) is 3. The number of sulfonamides is 1. The number of ether oxygens (including phenoxy) is 1. The molecule has 21 nitrogen and oxygen atoms in total. The van der Waals surface area contributed by atoms with Crippen LogP contribution in [0.4, 0.5) is 38.1 Å². The van der Waals surface area contributed by atoms with Crippen molar-refractivity contribution in [3.05, 3.63) is 122 Å². The summed E-state index contributed by atoms with van der Waals surface area (Å²) in [5.41, 5.74) is -0.187. The number of pyridine rings is 1. The van der Waals surface area contributed by atoms with Gasteiger partial charge in [-0.1, -0.05) is 11.6 Å². The monoisotopic (exact) mass is 1020 g/mol. The number of nitro benzene ring substituents is 1. The van der Waals surface area contributed by atoms with Gasteiger partial charge in [0.2, 0.25) is 10.0 Å². The van der Waals surface area contributed by atoms with E-state index < -0.39 is 98.9 Å². The Morgan fingerprint density at radius 2 is 1.58 bits per heavy atom. The Labute approximate surface area is 379 Å². The molecule has 0 saturated heterocycles. The average molecular weight is 1020 g/mol. The summed E-state index contributed by atoms with van der Waals surface area (Å²) >= 11 is 5.76. The zero-order chi connectivity index (χ0) is 50.7. The van der Waals surface area contributed by atoms with Crippen molar-refractivity contribution in [1.29, 1.82) is 0 Å². The molecule has 3 aromatic carbocycles. The van der Waals surface area contributed by atoms with Gasteiger partial charge in [-0.15, -0.1) is 0 Å². The minimum atomic E-state index is -4.62. The van der Waals surface area contributed by atoms with E-state index in [2.05, 4.69) is 39.6 Å². The topological polar surface area (TPSA) is 329 Å². The van der Waals surface area contributed by atoms with E-state index in [0.29, 0.717) is 35.3 Å². The third-order valence-electron chi connectivity index (χ3n) is 6.59. The van der Waals surface area contributed by atoms with Crippen molar-refractivity contribution >= 4 is 81.1 Å². The number of hydrogen-bond acceptors (Lipinski definition) is 14. The highest BCUT2D eigenvalue weighted by Crippen LogP contribution is 2.37. The number of amides is 3. The highest BCUT2D eigenvalue weighted by Gasteiger charge is 2.31. The Hall–Kier alpha value is -6.29. The lowest BCUT2D eigenvalue weighted by Gasteiger charge is -2.14. The van der Waals surface area contributed by atoms with Crippen molar-refractivity contribution in [3.63, 3.8) is 0 Å². The number of urea groups is 1. The molecule has 30 heteroatoms. The van der Waals surface area contributed by atoms with Gasteiger partial charge in [-0.05, 0) is 66.3 Å². The summed E-state index contributed by atoms with van der Waals surface area (Å²) in [6.07, 6.45) is 3.32. The molecule has 7 N–H and O–H groups in total. The lowest BCUT2D eigenvalue weighted by molar-refractivity contribution is -0.385. The quantitative estimate of drug-likeness (QED) is 0.0231. The average Bonchev–Trinajstić information content (AvgIpc) is 3.15. The molecule has 0 saturated carbocycles. The second-order valence-electron chi connectivity index (χ2n) is 12.9. The van der Waals surface area contributed by atoms with Crippen LogP contribution >= 0.6 is 19.2 Å². The number of nitrogens with one attached hydrogen (secondary N) is 4. The van der Waals surface area contributed by atoms with Gasteiger partial charge in [0, 0.05) is 30.1 Å². The first-order valence-electron chi connectivity index (χ1n) is 17.3. The standard InChI is InChI=1S/C15H10ClF3N2O6S.C15H12F2N4O3.C3H8NO5P.C3H9S/c1-28(25,26)20-14(22)10-7-9(3-4-12(10)21(23)24)27-13-5-2-8(6-11(13)16)15(17,18)19;1-8(13-12(14(22)23)3-2-4-18-13)20-21-15(24)19-11-6-9(16)5-10(17)7-11;5-3(6)1-4-2-10(7,8)9;1-4(2)3/h2-7H,1H3,(H,20,22);2-7H,1H3,(H,22,23)(H2,19,21,24);4H,1-2H2,(H,5,6)(H2,7,8,9);1-3H3/q;;;+1/p-1/b;20-8+;;. The van der Waals surface area contributed by atoms with Crippen LogP contribution in [0.2, 0.25) is 5.02 Å². The molecule has 360 valence electrons. The summed E-state index contributed by atoms with van der Waals surface area (Å²) in [6.45, 7) is 0.976. The Morgan fingerprint density at radius 1 is 0.985 bits per heavy atom. The molecular formula is C36H38ClF5N7O14PS2. The fourth-order valence-electron chi connectivity index (χ4n) is 4.17. The molecule has 0 aliphatic rings. The van der Waals surface area contributed by atoms with E-state index in [9.17, 15) is 69.1 Å². The zero-order valence-electron chi connectivity index (χ0n) is 34.5. The van der Waals surface area contributed by atoms with Crippen molar-refractivity contribution in [2.45, 2.75) is 13.1 Å². The molecular weight excluding hydrogens is 980 g/mol. The number of carbonyl (C=O) groups excluding carboxylic acids is 2. The van der Waals surface area contributed by atoms with E-state index in [1.165, 1.54) is 25.3 Å². The van der Waals surface area contributed by atoms with Gasteiger partial charge in [0.25, 0.3) is 11.6 Å². The van der Waals surface area contributed by atoms with E-state index in [0.717, 1.165) is 36.4 Å². The van der Waals surface area contributed by atoms with Gasteiger partial charge in [0.15, 0.2) is 0 Å². The number of hydrogen-bond donors (Lipinski definition) is 7. The van der Waals surface area contributed by atoms with Gasteiger partial charge in [0.1, 0.15) is 42.0 Å². The van der Waals surface area contributed by atoms with Crippen LogP contribution < -0.4 is 30.4 Å². The minimum absolute atomic E-state index is 0.0758. The van der Waals surface area contributed by atoms with Crippen LogP contribution in [0.1, 0.15) is 38.9 Å². The molecule has 1 aromatic heterocycles. The van der Waals surface area contributed by atoms with Gasteiger partial charge in [0.05, 0.1) is 64.6 Å². The summed E-state index contributed by atoms with van der Waals surface area (Å²) in [5, 5.41) is 35.6. The predicted molar refractivity (Wildman–Crippen MR) is 229 cm³/mol. The Balaban J connectivity index is 0.000000517. The molecule has 4 aromatic rings. The lowest BCUT2D eigenvalue weighted by Crippen LogP contribution is -2.29. The molecule has 0 bridgehead atoms. The molecule has 0 radical (unpaired) electrons. The summed E-state index contributed by atoms with van der Waals surface area (Å²) < 4.78 is 103. The molecule has 3 amide bonds. The number of aromatic carboxylic acids is 1. The maximum atomic E-state index is 13.0. The van der Waals surface area contributed by atoms with Gasteiger partial charge in [-0.3, -0.25) is 30.0 Å². The van der Waals surface area contributed by atoms with Crippen LogP contribution in [0.5, 0.6) is 11.5 Å². The molecule has 0 aliphatic heterocycles. The van der Waals surface area contributed by atoms with Crippen LogP contribution in [0.3, 0.4) is 0 Å². The van der Waals surface area contributed by atoms with Crippen molar-refractivity contribution in [2.24, 2.45) is 5.10 Å². The van der Waals surface area contributed by atoms with Crippen molar-refractivity contribution in [3.8, 4) is 11.5 Å². The van der Waals surface area contributed by atoms with Gasteiger partial charge in [-0.2, -0.15) is 18.3 Å². The molecule has 1 atom stereocenters. The van der Waals surface area contributed by atoms with Crippen molar-refractivity contribution < 1.29 is 83.8 Å². The van der Waals surface area contributed by atoms with Gasteiger partial charge < -0.3 is 34.6 Å². The van der Waals surface area contributed by atoms with E-state index >= 15 is 0 Å². The van der Waals surface area contributed by atoms with Crippen molar-refractivity contribution in [1.82, 2.24) is 20.4 Å². The number of halogens is 6. The number of anilines is 1. The summed E-state index contributed by atoms with van der Waals surface area (Å²) in [5.74, 6) is -5.73. The first-order valence-corrected chi connectivity index (χ1v) is 23.8. The maximum Gasteiger partial charge on any atom is 0.416 e. The highest BCUT2D eigenvalue weighted by atomic mass is 35.5. The van der Waals surface area contributed by atoms with E-state index in [1.54, 1.807) is 4.72 Å². The molecule has 0 aliphatic carbocycles. The number of aromatic nitrogens is 1. The van der Waals surface area contributed by atoms with Crippen LogP contribution in [-0.2, 0) is 36.5 Å². The molecule has 0 fully saturated rings. The van der Waals surface area contributed by atoms with Gasteiger partial charge >= 0.3 is 24.1 Å². The fraction of sp³-hybridized carbons (Fsp3) is 0.222. The number of aliphatic carboxylic acids is 1. The lowest BCUT2D eigenvalue weighted by atomic mass is 10.1. The van der Waals surface area contributed by atoms with Crippen LogP contribution in [0, 0.1) is 21.7 Å². The third-order valence-corrected chi connectivity index (χ3v) is 8.06. The Bertz CT molecular complexity index is 2570. The summed E-state index contributed by atoms with van der Waals surface area (Å²) in [4.78, 5) is 76.6. The SMILES string of the molecule is C/C(=N\NC(=O)Nc1cc(F)cc(F)c1)c1ncccc1C(=O)O.CS(=O)(=O)NC(=O)c1cc(Oc2ccc(C(F)(F)F)cc2Cl)ccc1[N+](=O)[O-].C[S+](C)C.O=C(O)CNCP(=O)([O-])O. The highest BCUT2D eigenvalue weighted by molar-refractivity contribution is 7.94. The van der Waals surface area contributed by atoms with Crippen LogP contribution in [-0.4, -0.2) is 101 Å². The first-order chi connectivity index (χ1) is 30.3. The van der Waals surface area contributed by atoms with Crippen molar-refractivity contribution in [2.75, 3.05) is 43.2 Å². The summed E-state index contributed by atoms with van der Waals surface area (Å²) in [7, 11) is -7.71. The minimum Gasteiger partial charge on any atom is -0.778 e. The van der Waals surface area contributed by atoms with E-state index in [-0.39, 0.29) is 34.2 Å². The van der Waals surface area contributed by atoms with Crippen LogP contribution in [0.15, 0.2) is 78.0 Å². The fourth-order valence-corrected chi connectivity index (χ4v) is 5.23. The normalized spacial score (nSPS) is 12.0. The molecule has 1 unspecified atom stereocenters. The number of nitro groups is 1. The molecule has 4 rings (SSSR count). The number of rotatable bonds is 13. The molecule has 1 heterocycles. The second kappa shape index (κ2) is 26.0.